The van der Waals surface area contributed by atoms with Gasteiger partial charge in [0.05, 0.1) is 9.79 Å². The highest BCUT2D eigenvalue weighted by Crippen LogP contribution is 2.29. The SMILES string of the molecule is Cc1cc(S(=O)(=O)c2cc(O)ccc2C)ccc1O. The molecule has 4 nitrogen and oxygen atoms in total. The molecule has 0 spiro atoms. The quantitative estimate of drug-likeness (QED) is 0.885. The Balaban J connectivity index is 2.65. The summed E-state index contributed by atoms with van der Waals surface area (Å²) < 4.78 is 25.0. The molecule has 0 aliphatic rings. The summed E-state index contributed by atoms with van der Waals surface area (Å²) in [6.45, 7) is 3.29. The molecule has 19 heavy (non-hydrogen) atoms. The lowest BCUT2D eigenvalue weighted by Crippen LogP contribution is -2.04. The molecule has 0 fully saturated rings. The molecule has 0 aromatic heterocycles. The van der Waals surface area contributed by atoms with Gasteiger partial charge in [-0.15, -0.1) is 0 Å². The molecule has 0 radical (unpaired) electrons. The van der Waals surface area contributed by atoms with Crippen LogP contribution in [0.3, 0.4) is 0 Å². The van der Waals surface area contributed by atoms with Gasteiger partial charge < -0.3 is 10.2 Å². The molecule has 100 valence electrons. The van der Waals surface area contributed by atoms with E-state index in [4.69, 9.17) is 0 Å². The fraction of sp³-hybridized carbons (Fsp3) is 0.143. The molecule has 0 bridgehead atoms. The van der Waals surface area contributed by atoms with Crippen LogP contribution in [0.1, 0.15) is 11.1 Å². The molecule has 0 unspecified atom stereocenters. The zero-order valence-electron chi connectivity index (χ0n) is 10.6. The van der Waals surface area contributed by atoms with Gasteiger partial charge in [-0.25, -0.2) is 8.42 Å². The predicted octanol–water partition coefficient (Wildman–Crippen LogP) is 2.55. The number of aryl methyl sites for hydroxylation is 2. The summed E-state index contributed by atoms with van der Waals surface area (Å²) in [7, 11) is -3.70. The second-order valence-electron chi connectivity index (χ2n) is 4.40. The van der Waals surface area contributed by atoms with E-state index < -0.39 is 9.84 Å². The molecule has 0 atom stereocenters. The van der Waals surface area contributed by atoms with E-state index in [1.807, 2.05) is 0 Å². The Hall–Kier alpha value is -2.01. The minimum atomic E-state index is -3.70. The Kier molecular flexibility index (Phi) is 3.24. The number of phenolic OH excluding ortho intramolecular Hbond substituents is 2. The molecule has 2 aromatic rings. The molecule has 0 aliphatic heterocycles. The molecule has 2 rings (SSSR count). The maximum absolute atomic E-state index is 12.5. The molecule has 0 saturated carbocycles. The van der Waals surface area contributed by atoms with Crippen LogP contribution in [0.25, 0.3) is 0 Å². The van der Waals surface area contributed by atoms with Crippen LogP contribution in [0, 0.1) is 13.8 Å². The first-order valence-electron chi connectivity index (χ1n) is 5.66. The zero-order chi connectivity index (χ0) is 14.2. The van der Waals surface area contributed by atoms with Crippen LogP contribution in [0.4, 0.5) is 0 Å². The van der Waals surface area contributed by atoms with E-state index in [2.05, 4.69) is 0 Å². The highest BCUT2D eigenvalue weighted by molar-refractivity contribution is 7.91. The number of rotatable bonds is 2. The first kappa shape index (κ1) is 13.4. The summed E-state index contributed by atoms with van der Waals surface area (Å²) in [4.78, 5) is 0.161. The molecule has 5 heteroatoms. The maximum Gasteiger partial charge on any atom is 0.207 e. The average Bonchev–Trinajstić information content (AvgIpc) is 2.35. The summed E-state index contributed by atoms with van der Waals surface area (Å²) in [5.74, 6) is -0.0498. The number of benzene rings is 2. The monoisotopic (exact) mass is 278 g/mol. The fourth-order valence-electron chi connectivity index (χ4n) is 1.80. The van der Waals surface area contributed by atoms with Crippen molar-refractivity contribution in [1.82, 2.24) is 0 Å². The van der Waals surface area contributed by atoms with Crippen molar-refractivity contribution in [3.05, 3.63) is 47.5 Å². The summed E-state index contributed by atoms with van der Waals surface area (Å²) in [6.07, 6.45) is 0. The van der Waals surface area contributed by atoms with Crippen molar-refractivity contribution in [3.8, 4) is 11.5 Å². The number of hydrogen-bond donors (Lipinski definition) is 2. The first-order chi connectivity index (χ1) is 8.82. The van der Waals surface area contributed by atoms with Gasteiger partial charge in [0.1, 0.15) is 11.5 Å². The number of aromatic hydroxyl groups is 2. The smallest absolute Gasteiger partial charge is 0.207 e. The average molecular weight is 278 g/mol. The molecular formula is C14H14O4S. The van der Waals surface area contributed by atoms with Crippen molar-refractivity contribution < 1.29 is 18.6 Å². The molecule has 0 aliphatic carbocycles. The topological polar surface area (TPSA) is 74.6 Å². The first-order valence-corrected chi connectivity index (χ1v) is 7.15. The van der Waals surface area contributed by atoms with Gasteiger partial charge in [0.15, 0.2) is 0 Å². The third-order valence-electron chi connectivity index (χ3n) is 2.94. The Morgan fingerprint density at radius 2 is 1.58 bits per heavy atom. The van der Waals surface area contributed by atoms with E-state index in [0.717, 1.165) is 0 Å². The molecule has 0 saturated heterocycles. The third-order valence-corrected chi connectivity index (χ3v) is 4.83. The normalized spacial score (nSPS) is 11.5. The largest absolute Gasteiger partial charge is 0.508 e. The summed E-state index contributed by atoms with van der Waals surface area (Å²) in [5, 5.41) is 18.9. The maximum atomic E-state index is 12.5. The predicted molar refractivity (Wildman–Crippen MR) is 71.1 cm³/mol. The standard InChI is InChI=1S/C14H14O4S/c1-9-3-4-11(15)8-14(9)19(17,18)12-5-6-13(16)10(2)7-12/h3-8,15-16H,1-2H3. The molecule has 0 amide bonds. The highest BCUT2D eigenvalue weighted by atomic mass is 32.2. The molecule has 2 aromatic carbocycles. The van der Waals surface area contributed by atoms with Crippen LogP contribution in [0.15, 0.2) is 46.2 Å². The highest BCUT2D eigenvalue weighted by Gasteiger charge is 2.21. The minimum absolute atomic E-state index is 0.0478. The van der Waals surface area contributed by atoms with Crippen molar-refractivity contribution in [3.63, 3.8) is 0 Å². The fourth-order valence-corrected chi connectivity index (χ4v) is 3.40. The Bertz CT molecular complexity index is 733. The number of hydrogen-bond acceptors (Lipinski definition) is 4. The van der Waals surface area contributed by atoms with Crippen LogP contribution in [-0.2, 0) is 9.84 Å². The second kappa shape index (κ2) is 4.59. The summed E-state index contributed by atoms with van der Waals surface area (Å²) in [6, 6.07) is 8.33. The molecule has 2 N–H and O–H groups in total. The van der Waals surface area contributed by atoms with E-state index >= 15 is 0 Å². The van der Waals surface area contributed by atoms with Crippen molar-refractivity contribution in [2.24, 2.45) is 0 Å². The number of sulfone groups is 1. The van der Waals surface area contributed by atoms with Gasteiger partial charge in [-0.05, 0) is 55.3 Å². The molecule has 0 heterocycles. The Labute approximate surface area is 111 Å². The van der Waals surface area contributed by atoms with Gasteiger partial charge in [0.2, 0.25) is 9.84 Å². The lowest BCUT2D eigenvalue weighted by Gasteiger charge is -2.09. The van der Waals surface area contributed by atoms with Crippen molar-refractivity contribution >= 4 is 9.84 Å². The number of phenols is 2. The van der Waals surface area contributed by atoms with E-state index in [1.54, 1.807) is 19.9 Å². The van der Waals surface area contributed by atoms with Gasteiger partial charge in [0.25, 0.3) is 0 Å². The van der Waals surface area contributed by atoms with Crippen LogP contribution in [-0.4, -0.2) is 18.6 Å². The van der Waals surface area contributed by atoms with Crippen molar-refractivity contribution in [1.29, 1.82) is 0 Å². The van der Waals surface area contributed by atoms with Gasteiger partial charge in [-0.3, -0.25) is 0 Å². The van der Waals surface area contributed by atoms with Gasteiger partial charge >= 0.3 is 0 Å². The van der Waals surface area contributed by atoms with Crippen molar-refractivity contribution in [2.75, 3.05) is 0 Å². The summed E-state index contributed by atoms with van der Waals surface area (Å²) >= 11 is 0. The van der Waals surface area contributed by atoms with Crippen LogP contribution in [0.2, 0.25) is 0 Å². The van der Waals surface area contributed by atoms with Crippen LogP contribution >= 0.6 is 0 Å². The van der Waals surface area contributed by atoms with E-state index in [-0.39, 0.29) is 21.3 Å². The van der Waals surface area contributed by atoms with Gasteiger partial charge in [-0.1, -0.05) is 6.07 Å². The van der Waals surface area contributed by atoms with E-state index in [0.29, 0.717) is 11.1 Å². The Morgan fingerprint density at radius 3 is 2.21 bits per heavy atom. The van der Waals surface area contributed by atoms with E-state index in [1.165, 1.54) is 30.3 Å². The van der Waals surface area contributed by atoms with Gasteiger partial charge in [0, 0.05) is 0 Å². The van der Waals surface area contributed by atoms with E-state index in [9.17, 15) is 18.6 Å². The van der Waals surface area contributed by atoms with Crippen molar-refractivity contribution in [2.45, 2.75) is 23.6 Å². The second-order valence-corrected chi connectivity index (χ2v) is 6.32. The third kappa shape index (κ3) is 2.42. The van der Waals surface area contributed by atoms with Crippen LogP contribution < -0.4 is 0 Å². The lowest BCUT2D eigenvalue weighted by atomic mass is 10.2. The minimum Gasteiger partial charge on any atom is -0.508 e. The Morgan fingerprint density at radius 1 is 0.895 bits per heavy atom. The zero-order valence-corrected chi connectivity index (χ0v) is 11.4. The van der Waals surface area contributed by atoms with Crippen LogP contribution in [0.5, 0.6) is 11.5 Å². The lowest BCUT2D eigenvalue weighted by molar-refractivity contribution is 0.470. The molecular weight excluding hydrogens is 264 g/mol. The van der Waals surface area contributed by atoms with Gasteiger partial charge in [-0.2, -0.15) is 0 Å². The summed E-state index contributed by atoms with van der Waals surface area (Å²) in [5.41, 5.74) is 1.04.